The van der Waals surface area contributed by atoms with Crippen molar-refractivity contribution in [3.05, 3.63) is 24.3 Å². The van der Waals surface area contributed by atoms with E-state index >= 15 is 0 Å². The minimum atomic E-state index is -0.660. The number of hydrogen-bond donors (Lipinski definition) is 1. The van der Waals surface area contributed by atoms with Crippen LogP contribution in [-0.2, 0) is 14.3 Å². The summed E-state index contributed by atoms with van der Waals surface area (Å²) >= 11 is 0. The quantitative estimate of drug-likeness (QED) is 0.0756. The van der Waals surface area contributed by atoms with Crippen LogP contribution in [0, 0.1) is 0 Å². The second-order valence-electron chi connectivity index (χ2n) is 9.83. The molecule has 0 saturated carbocycles. The largest absolute Gasteiger partial charge is 0.481 e. The zero-order valence-corrected chi connectivity index (χ0v) is 24.2. The third-order valence-electron chi connectivity index (χ3n) is 6.14. The number of carboxylic acids is 1. The molecule has 0 atom stereocenters. The van der Waals surface area contributed by atoms with Crippen molar-refractivity contribution in [2.75, 3.05) is 6.61 Å². The molecule has 0 radical (unpaired) electrons. The van der Waals surface area contributed by atoms with Crippen molar-refractivity contribution in [1.82, 2.24) is 0 Å². The molecule has 1 N–H and O–H groups in total. The predicted molar refractivity (Wildman–Crippen MR) is 155 cm³/mol. The van der Waals surface area contributed by atoms with E-state index in [0.717, 1.165) is 32.1 Å². The fraction of sp³-hybridized carbons (Fsp3) is 0.812. The number of carbonyl (C=O) groups excluding carboxylic acids is 1. The lowest BCUT2D eigenvalue weighted by Crippen LogP contribution is -2.00. The van der Waals surface area contributed by atoms with Crippen LogP contribution in [0.4, 0.5) is 0 Å². The summed E-state index contributed by atoms with van der Waals surface area (Å²) in [6.07, 6.45) is 35.5. The van der Waals surface area contributed by atoms with Gasteiger partial charge in [-0.05, 0) is 51.4 Å². The highest BCUT2D eigenvalue weighted by Gasteiger charge is 1.97. The first-order valence-corrected chi connectivity index (χ1v) is 15.2. The van der Waals surface area contributed by atoms with Crippen LogP contribution in [0.3, 0.4) is 0 Å². The molecule has 0 aromatic rings. The molecular weight excluding hydrogens is 448 g/mol. The molecule has 0 amide bonds. The van der Waals surface area contributed by atoms with Crippen LogP contribution in [0.25, 0.3) is 0 Å². The molecule has 0 aromatic heterocycles. The first-order chi connectivity index (χ1) is 17.5. The highest BCUT2D eigenvalue weighted by molar-refractivity contribution is 5.66. The number of carboxylic acid groups (broad SMARTS) is 1. The maximum absolute atomic E-state index is 10.5. The van der Waals surface area contributed by atoms with Crippen molar-refractivity contribution in [2.45, 2.75) is 162 Å². The molecule has 4 nitrogen and oxygen atoms in total. The Hall–Kier alpha value is -1.58. The monoisotopic (exact) mass is 508 g/mol. The number of ether oxygens (including phenoxy) is 1. The van der Waals surface area contributed by atoms with E-state index in [1.807, 2.05) is 0 Å². The van der Waals surface area contributed by atoms with Crippen LogP contribution < -0.4 is 0 Å². The minimum Gasteiger partial charge on any atom is -0.481 e. The van der Waals surface area contributed by atoms with E-state index in [4.69, 9.17) is 9.84 Å². The average Bonchev–Trinajstić information content (AvgIpc) is 2.85. The predicted octanol–water partition coefficient (Wildman–Crippen LogP) is 10.4. The summed E-state index contributed by atoms with van der Waals surface area (Å²) in [6, 6.07) is 0. The molecule has 36 heavy (non-hydrogen) atoms. The van der Waals surface area contributed by atoms with Crippen LogP contribution in [-0.4, -0.2) is 23.7 Å². The third kappa shape index (κ3) is 39.6. The van der Waals surface area contributed by atoms with Gasteiger partial charge in [0.2, 0.25) is 0 Å². The Labute approximate surface area is 224 Å². The number of unbranched alkanes of at least 4 members (excludes halogenated alkanes) is 17. The van der Waals surface area contributed by atoms with Crippen molar-refractivity contribution in [3.63, 3.8) is 0 Å². The summed E-state index contributed by atoms with van der Waals surface area (Å²) in [5, 5.41) is 8.49. The number of rotatable bonds is 25. The molecule has 212 valence electrons. The Morgan fingerprint density at radius 3 is 1.28 bits per heavy atom. The maximum atomic E-state index is 10.5. The average molecular weight is 509 g/mol. The Morgan fingerprint density at radius 1 is 0.556 bits per heavy atom. The van der Waals surface area contributed by atoms with Gasteiger partial charge in [-0.2, -0.15) is 0 Å². The highest BCUT2D eigenvalue weighted by Crippen LogP contribution is 2.12. The fourth-order valence-electron chi connectivity index (χ4n) is 3.99. The van der Waals surface area contributed by atoms with Crippen LogP contribution in [0.5, 0.6) is 0 Å². The van der Waals surface area contributed by atoms with E-state index in [-0.39, 0.29) is 5.97 Å². The molecule has 0 bridgehead atoms. The summed E-state index contributed by atoms with van der Waals surface area (Å²) in [5.74, 6) is -0.820. The second kappa shape index (κ2) is 33.4. The lowest BCUT2D eigenvalue weighted by atomic mass is 10.1. The van der Waals surface area contributed by atoms with Gasteiger partial charge in [0, 0.05) is 13.3 Å². The van der Waals surface area contributed by atoms with E-state index in [1.54, 1.807) is 0 Å². The molecule has 4 heteroatoms. The zero-order valence-electron chi connectivity index (χ0n) is 24.2. The van der Waals surface area contributed by atoms with Gasteiger partial charge in [0.25, 0.3) is 0 Å². The molecule has 0 aliphatic carbocycles. The van der Waals surface area contributed by atoms with Gasteiger partial charge >= 0.3 is 11.9 Å². The maximum Gasteiger partial charge on any atom is 0.303 e. The van der Waals surface area contributed by atoms with Crippen LogP contribution in [0.15, 0.2) is 24.3 Å². The number of allylic oxidation sites excluding steroid dienone is 4. The van der Waals surface area contributed by atoms with Gasteiger partial charge < -0.3 is 9.84 Å². The van der Waals surface area contributed by atoms with Gasteiger partial charge in [-0.3, -0.25) is 9.59 Å². The van der Waals surface area contributed by atoms with Crippen molar-refractivity contribution >= 4 is 11.9 Å². The molecule has 0 aliphatic rings. The summed E-state index contributed by atoms with van der Waals surface area (Å²) < 4.78 is 4.89. The lowest BCUT2D eigenvalue weighted by Gasteiger charge is -2.02. The van der Waals surface area contributed by atoms with Gasteiger partial charge in [-0.25, -0.2) is 0 Å². The second-order valence-corrected chi connectivity index (χ2v) is 9.83. The molecule has 0 aliphatic heterocycles. The SMILES string of the molecule is CC/C=C\CCCCCCCCCCCC(=O)O.CC/C=C\CCCCCCCCCCOC(C)=O. The van der Waals surface area contributed by atoms with E-state index in [0.29, 0.717) is 13.0 Å². The van der Waals surface area contributed by atoms with Crippen molar-refractivity contribution in [1.29, 1.82) is 0 Å². The lowest BCUT2D eigenvalue weighted by molar-refractivity contribution is -0.141. The van der Waals surface area contributed by atoms with Gasteiger partial charge in [0.15, 0.2) is 0 Å². The Morgan fingerprint density at radius 2 is 0.917 bits per heavy atom. The Bertz CT molecular complexity index is 464. The fourth-order valence-corrected chi connectivity index (χ4v) is 3.99. The molecule has 0 spiro atoms. The van der Waals surface area contributed by atoms with E-state index in [1.165, 1.54) is 110 Å². The number of carbonyl (C=O) groups is 2. The molecule has 0 heterocycles. The van der Waals surface area contributed by atoms with E-state index in [2.05, 4.69) is 38.2 Å². The third-order valence-corrected chi connectivity index (χ3v) is 6.14. The minimum absolute atomic E-state index is 0.160. The Kier molecular flexibility index (Phi) is 34.0. The molecule has 0 aromatic carbocycles. The smallest absolute Gasteiger partial charge is 0.303 e. The van der Waals surface area contributed by atoms with Crippen molar-refractivity contribution in [3.8, 4) is 0 Å². The van der Waals surface area contributed by atoms with Gasteiger partial charge in [-0.15, -0.1) is 0 Å². The number of aliphatic carboxylic acids is 1. The molecule has 0 rings (SSSR count). The topological polar surface area (TPSA) is 63.6 Å². The van der Waals surface area contributed by atoms with Gasteiger partial charge in [0.05, 0.1) is 6.61 Å². The van der Waals surface area contributed by atoms with Gasteiger partial charge in [0.1, 0.15) is 0 Å². The zero-order chi connectivity index (χ0) is 27.0. The van der Waals surface area contributed by atoms with Crippen LogP contribution in [0.2, 0.25) is 0 Å². The van der Waals surface area contributed by atoms with Crippen LogP contribution in [0.1, 0.15) is 162 Å². The first-order valence-electron chi connectivity index (χ1n) is 15.2. The number of esters is 1. The van der Waals surface area contributed by atoms with Crippen molar-refractivity contribution < 1.29 is 19.4 Å². The van der Waals surface area contributed by atoms with E-state index < -0.39 is 5.97 Å². The summed E-state index contributed by atoms with van der Waals surface area (Å²) in [4.78, 5) is 20.8. The Balaban J connectivity index is 0. The summed E-state index contributed by atoms with van der Waals surface area (Å²) in [6.45, 7) is 6.42. The first kappa shape index (κ1) is 36.6. The summed E-state index contributed by atoms with van der Waals surface area (Å²) in [7, 11) is 0. The number of hydrogen-bond acceptors (Lipinski definition) is 3. The van der Waals surface area contributed by atoms with Gasteiger partial charge in [-0.1, -0.05) is 122 Å². The van der Waals surface area contributed by atoms with E-state index in [9.17, 15) is 9.59 Å². The summed E-state index contributed by atoms with van der Waals surface area (Å²) in [5.41, 5.74) is 0. The van der Waals surface area contributed by atoms with Crippen molar-refractivity contribution in [2.24, 2.45) is 0 Å². The molecule has 0 unspecified atom stereocenters. The molecule has 0 saturated heterocycles. The highest BCUT2D eigenvalue weighted by atomic mass is 16.5. The normalized spacial score (nSPS) is 11.1. The molecular formula is C32H60O4. The standard InChI is InChI=1S/2C16H30O2/c1-3-4-5-6-7-8-9-10-11-12-13-14-15-18-16(2)17;1-2-3-4-5-6-7-8-9-10-11-12-13-14-15-16(17)18/h4-5H,3,6-15H2,1-2H3;3-4H,2,5-15H2,1H3,(H,17,18)/b5-4-;4-3-. The van der Waals surface area contributed by atoms with Crippen LogP contribution >= 0.6 is 0 Å². The molecule has 0 fully saturated rings.